The summed E-state index contributed by atoms with van der Waals surface area (Å²) in [5.41, 5.74) is 57.3. The van der Waals surface area contributed by atoms with E-state index < -0.39 is 9.85 Å². The summed E-state index contributed by atoms with van der Waals surface area (Å²) in [5.74, 6) is 3.18. The number of nitro groups is 2. The smallest absolute Gasteiger partial charge is 0.280 e. The Hall–Kier alpha value is -11.6. The number of nitrogens with one attached hydrogen (secondary N) is 7. The van der Waals surface area contributed by atoms with E-state index in [-0.39, 0.29) is 95.7 Å². The van der Waals surface area contributed by atoms with Crippen molar-refractivity contribution in [3.05, 3.63) is 287 Å². The number of rotatable bonds is 2. The average molecular weight is 1590 g/mol. The highest BCUT2D eigenvalue weighted by Crippen LogP contribution is 2.44. The number of fused-ring (bicyclic) bond motifs is 8. The van der Waals surface area contributed by atoms with Crippen molar-refractivity contribution >= 4 is 209 Å². The van der Waals surface area contributed by atoms with Crippen LogP contribution in [0, 0.1) is 71.9 Å². The predicted molar refractivity (Wildman–Crippen MR) is 422 cm³/mol. The fraction of sp³-hybridized carbons (Fsp3) is 0.0299. The van der Waals surface area contributed by atoms with Gasteiger partial charge in [0.15, 0.2) is 40.8 Å². The lowest BCUT2D eigenvalue weighted by Crippen LogP contribution is -2.12. The number of aliphatic imine (C=N–C) groups is 8. The Morgan fingerprint density at radius 3 is 1.26 bits per heavy atom. The molecule has 8 aromatic carbocycles. The summed E-state index contributed by atoms with van der Waals surface area (Å²) in [4.78, 5) is 50.7. The van der Waals surface area contributed by atoms with E-state index in [0.29, 0.717) is 115 Å². The van der Waals surface area contributed by atoms with Gasteiger partial charge in [0.1, 0.15) is 52.2 Å². The molecule has 0 atom stereocenters. The van der Waals surface area contributed by atoms with Crippen LogP contribution in [0.3, 0.4) is 0 Å². The standard InChI is InChI=1S/C10H11N3.C9H7N3O2.C8H3Cl4N3.2C8H5Cl2N3.C8H6ClN3.C8H6N4O2.C8H7N3/c1-5-3-7-8(4-6(5)2)10(12)13-9(7)11;1-5-6-3-2-4-7(12(13)14)8(6)9(10)11-5;9-3-1-2(8(14)15-7(1)13)4(10)6(12)5(3)11;9-3-1-2-4(10)6-5(3)7(11)13-8(6)12;9-4-2-1-3-5(6(4)10)8(12)13-7(3)11;9-4-1-2-5-6(3-4)8(11)12-7(5)10;9-7-5-2-1-4(12(13)14)3-6(5)8(10)11-7;9-7-5-3-1-2-4-6(5)8(10)11-7/h3-4H,1-2H3,(H3,11,12,13);2-4H,1H2,(H2,10,11);(H3,13,14,15);2*1-2H,(H3,11,12,13);1-3H,(H3,10,11,12);1-3H,(H3,9,10,11);1-4H,(H3,9,10,11). The lowest BCUT2D eigenvalue weighted by Gasteiger charge is -2.09. The molecule has 105 heavy (non-hydrogen) atoms. The van der Waals surface area contributed by atoms with Crippen LogP contribution in [-0.2, 0) is 0 Å². The first-order chi connectivity index (χ1) is 49.4. The van der Waals surface area contributed by atoms with E-state index >= 15 is 0 Å². The number of hydrogen-bond donors (Lipinski definition) is 15. The van der Waals surface area contributed by atoms with Gasteiger partial charge in [-0.3, -0.25) is 58.1 Å². The van der Waals surface area contributed by atoms with Gasteiger partial charge in [0.25, 0.3) is 11.4 Å². The van der Waals surface area contributed by atoms with Gasteiger partial charge in [-0.2, -0.15) is 0 Å². The summed E-state index contributed by atoms with van der Waals surface area (Å²) in [7, 11) is 0. The lowest BCUT2D eigenvalue weighted by atomic mass is 10.0. The van der Waals surface area contributed by atoms with Gasteiger partial charge in [-0.1, -0.05) is 147 Å². The number of nitrogens with two attached hydrogens (primary N) is 8. The van der Waals surface area contributed by atoms with E-state index in [2.05, 4.69) is 46.5 Å². The van der Waals surface area contributed by atoms with Gasteiger partial charge in [-0.25, -0.2) is 39.9 Å². The van der Waals surface area contributed by atoms with Crippen molar-refractivity contribution in [2.75, 3.05) is 0 Å². The zero-order valence-electron chi connectivity index (χ0n) is 53.8. The summed E-state index contributed by atoms with van der Waals surface area (Å²) in [6.07, 6.45) is 0. The number of halogens is 9. The molecule has 0 spiro atoms. The molecule has 8 aliphatic rings. The number of nitrogens with zero attached hydrogens (tertiary/aromatic N) is 10. The average Bonchev–Trinajstić information content (AvgIpc) is 1.62. The van der Waals surface area contributed by atoms with Crippen molar-refractivity contribution in [1.29, 1.82) is 37.9 Å². The molecule has 0 aliphatic carbocycles. The molecule has 23 N–H and O–H groups in total. The molecular formula is C67H50Cl9N25O4. The number of hydrogen-bond acceptors (Lipinski definition) is 20. The Morgan fingerprint density at radius 2 is 0.714 bits per heavy atom. The van der Waals surface area contributed by atoms with Crippen molar-refractivity contribution in [1.82, 2.24) is 0 Å². The number of non-ortho nitro benzene ring substituents is 1. The topological polar surface area (TPSA) is 560 Å². The third kappa shape index (κ3) is 16.0. The fourth-order valence-electron chi connectivity index (χ4n) is 10.4. The third-order valence-corrected chi connectivity index (χ3v) is 19.0. The van der Waals surface area contributed by atoms with Crippen molar-refractivity contribution < 1.29 is 9.85 Å². The minimum atomic E-state index is -0.512. The van der Waals surface area contributed by atoms with Gasteiger partial charge in [0.2, 0.25) is 0 Å². The first kappa shape index (κ1) is 77.5. The van der Waals surface area contributed by atoms with Crippen LogP contribution in [0.25, 0.3) is 5.70 Å². The maximum atomic E-state index is 10.7. The molecule has 16 rings (SSSR count). The Balaban J connectivity index is 0.000000139. The van der Waals surface area contributed by atoms with Crippen LogP contribution in [0.2, 0.25) is 45.2 Å². The molecule has 0 bridgehead atoms. The van der Waals surface area contributed by atoms with Crippen LogP contribution in [0.5, 0.6) is 0 Å². The van der Waals surface area contributed by atoms with Gasteiger partial charge in [-0.05, 0) is 85.6 Å². The lowest BCUT2D eigenvalue weighted by molar-refractivity contribution is -0.385. The molecule has 530 valence electrons. The van der Waals surface area contributed by atoms with Gasteiger partial charge in [-0.15, -0.1) is 0 Å². The molecule has 0 saturated carbocycles. The molecule has 29 nitrogen and oxygen atoms in total. The molecule has 0 amide bonds. The normalized spacial score (nSPS) is 14.2. The van der Waals surface area contributed by atoms with Crippen LogP contribution in [0.1, 0.15) is 100 Å². The Kier molecular flexibility index (Phi) is 23.3. The molecule has 8 aromatic rings. The maximum Gasteiger partial charge on any atom is 0.280 e. The first-order valence-corrected chi connectivity index (χ1v) is 32.8. The molecule has 8 heterocycles. The van der Waals surface area contributed by atoms with Gasteiger partial charge >= 0.3 is 0 Å². The number of nitro benzene ring substituents is 2. The summed E-state index contributed by atoms with van der Waals surface area (Å²) < 4.78 is 0. The summed E-state index contributed by atoms with van der Waals surface area (Å²) in [5, 5.41) is 76.3. The quantitative estimate of drug-likeness (QED) is 0.0332. The van der Waals surface area contributed by atoms with Gasteiger partial charge in [0.05, 0.1) is 61.3 Å². The van der Waals surface area contributed by atoms with Crippen LogP contribution in [0.15, 0.2) is 162 Å². The van der Waals surface area contributed by atoms with E-state index in [1.807, 2.05) is 50.2 Å². The maximum absolute atomic E-state index is 10.7. The zero-order valence-corrected chi connectivity index (χ0v) is 60.6. The molecule has 0 fully saturated rings. The molecule has 0 saturated heterocycles. The molecular weight excluding hydrogens is 1540 g/mol. The monoisotopic (exact) mass is 1580 g/mol. The minimum absolute atomic E-state index is 0.0256. The summed E-state index contributed by atoms with van der Waals surface area (Å²) in [6, 6.07) is 32.2. The minimum Gasteiger partial charge on any atom is -0.383 e. The Bertz CT molecular complexity index is 5550. The molecule has 0 unspecified atom stereocenters. The van der Waals surface area contributed by atoms with E-state index in [0.717, 1.165) is 27.8 Å². The second-order valence-corrected chi connectivity index (χ2v) is 25.6. The van der Waals surface area contributed by atoms with Crippen LogP contribution < -0.4 is 45.9 Å². The highest BCUT2D eigenvalue weighted by atomic mass is 35.5. The SMILES string of the molecule is C=C1N=C(N)c2c1cccc2[N+](=O)[O-].Cc1cc2c(cc1C)C(N)=NC2=N.N=C1N=C(N)c2c(Cl)c(Cl)c(Cl)c(Cl)c21.N=C1N=C(N)c2c(Cl)ccc(Cl)c21.N=C1N=C(N)c2ccc(Cl)c(Cl)c21.N=C1N=C(N)c2ccc(Cl)cc21.N=C1N=C(N)c2ccc([N+](=O)[O-])cc21.N=C1N=C(N)c2ccccc21. The second-order valence-electron chi connectivity index (χ2n) is 22.1. The molecule has 0 radical (unpaired) electrons. The Morgan fingerprint density at radius 1 is 0.324 bits per heavy atom. The predicted octanol–water partition coefficient (Wildman–Crippen LogP) is 12.8. The highest BCUT2D eigenvalue weighted by molar-refractivity contribution is 6.55. The third-order valence-electron chi connectivity index (χ3n) is 15.5. The van der Waals surface area contributed by atoms with Crippen molar-refractivity contribution in [3.8, 4) is 0 Å². The van der Waals surface area contributed by atoms with E-state index in [1.165, 1.54) is 35.4 Å². The highest BCUT2D eigenvalue weighted by Gasteiger charge is 2.31. The van der Waals surface area contributed by atoms with E-state index in [4.69, 9.17) is 188 Å². The fourth-order valence-corrected chi connectivity index (χ4v) is 12.5. The molecule has 0 aromatic heterocycles. The van der Waals surface area contributed by atoms with Crippen molar-refractivity contribution in [2.24, 2.45) is 85.8 Å². The van der Waals surface area contributed by atoms with Crippen LogP contribution in [0.4, 0.5) is 11.4 Å². The van der Waals surface area contributed by atoms with E-state index in [9.17, 15) is 20.2 Å². The molecule has 38 heteroatoms. The van der Waals surface area contributed by atoms with Crippen LogP contribution >= 0.6 is 104 Å². The number of amidine groups is 15. The Labute approximate surface area is 639 Å². The van der Waals surface area contributed by atoms with Gasteiger partial charge < -0.3 is 45.9 Å². The summed E-state index contributed by atoms with van der Waals surface area (Å²) in [6.45, 7) is 7.71. The molecule has 8 aliphatic heterocycles. The second kappa shape index (κ2) is 31.5. The van der Waals surface area contributed by atoms with Crippen molar-refractivity contribution in [2.45, 2.75) is 13.8 Å². The number of aryl methyl sites for hydroxylation is 2. The van der Waals surface area contributed by atoms with Crippen LogP contribution in [-0.4, -0.2) is 97.4 Å². The van der Waals surface area contributed by atoms with Gasteiger partial charge in [0, 0.05) is 101 Å². The van der Waals surface area contributed by atoms with Crippen molar-refractivity contribution in [3.63, 3.8) is 0 Å². The largest absolute Gasteiger partial charge is 0.383 e. The van der Waals surface area contributed by atoms with E-state index in [1.54, 1.807) is 54.6 Å². The number of benzene rings is 8. The first-order valence-electron chi connectivity index (χ1n) is 29.4. The zero-order chi connectivity index (χ0) is 77.2. The summed E-state index contributed by atoms with van der Waals surface area (Å²) >= 11 is 52.8.